The topological polar surface area (TPSA) is 55.3 Å². The van der Waals surface area contributed by atoms with Crippen LogP contribution in [-0.4, -0.2) is 40.0 Å². The van der Waals surface area contributed by atoms with E-state index in [0.717, 1.165) is 24.4 Å². The maximum atomic E-state index is 12.8. The lowest BCUT2D eigenvalue weighted by Gasteiger charge is -2.32. The van der Waals surface area contributed by atoms with Gasteiger partial charge < -0.3 is 9.64 Å². The first-order valence-corrected chi connectivity index (χ1v) is 9.03. The van der Waals surface area contributed by atoms with Crippen LogP contribution in [0.5, 0.6) is 6.01 Å². The number of alkyl halides is 6. The van der Waals surface area contributed by atoms with Crippen molar-refractivity contribution in [3.63, 3.8) is 0 Å². The Morgan fingerprint density at radius 2 is 1.90 bits per heavy atom. The van der Waals surface area contributed by atoms with Crippen LogP contribution in [0.15, 0.2) is 36.5 Å². The van der Waals surface area contributed by atoms with Crippen LogP contribution < -0.4 is 4.74 Å². The zero-order chi connectivity index (χ0) is 21.9. The Bertz CT molecular complexity index is 900. The molecule has 11 heteroatoms. The molecule has 3 rings (SSSR count). The van der Waals surface area contributed by atoms with E-state index in [4.69, 9.17) is 4.74 Å². The summed E-state index contributed by atoms with van der Waals surface area (Å²) in [7, 11) is 0. The zero-order valence-electron chi connectivity index (χ0n) is 15.5. The van der Waals surface area contributed by atoms with Crippen molar-refractivity contribution in [2.45, 2.75) is 37.7 Å². The highest BCUT2D eigenvalue weighted by molar-refractivity contribution is 5.79. The number of aromatic nitrogens is 2. The van der Waals surface area contributed by atoms with E-state index in [1.165, 1.54) is 17.0 Å². The van der Waals surface area contributed by atoms with Crippen LogP contribution in [0.2, 0.25) is 0 Å². The van der Waals surface area contributed by atoms with Crippen LogP contribution in [0.4, 0.5) is 26.3 Å². The summed E-state index contributed by atoms with van der Waals surface area (Å²) in [6, 6.07) is 4.79. The van der Waals surface area contributed by atoms with Gasteiger partial charge in [-0.25, -0.2) is 4.98 Å². The van der Waals surface area contributed by atoms with E-state index < -0.39 is 41.6 Å². The number of benzene rings is 1. The molecule has 1 aromatic carbocycles. The number of hydrogen-bond acceptors (Lipinski definition) is 4. The van der Waals surface area contributed by atoms with Crippen LogP contribution in [0.25, 0.3) is 0 Å². The van der Waals surface area contributed by atoms with Gasteiger partial charge in [-0.15, -0.1) is 0 Å². The molecule has 30 heavy (non-hydrogen) atoms. The van der Waals surface area contributed by atoms with Crippen molar-refractivity contribution in [3.8, 4) is 6.01 Å². The first-order chi connectivity index (χ1) is 14.0. The molecule has 1 aromatic heterocycles. The SMILES string of the molecule is O=C(Cc1cccc(C(F)(F)F)c1)N1CCCC(Oc2nccc(C(F)(F)F)n2)C1. The molecule has 0 spiro atoms. The number of ether oxygens (including phenoxy) is 1. The van der Waals surface area contributed by atoms with Crippen LogP contribution in [0.1, 0.15) is 29.7 Å². The summed E-state index contributed by atoms with van der Waals surface area (Å²) < 4.78 is 82.2. The van der Waals surface area contributed by atoms with Crippen molar-refractivity contribution in [1.82, 2.24) is 14.9 Å². The Morgan fingerprint density at radius 3 is 2.60 bits per heavy atom. The lowest BCUT2D eigenvalue weighted by Crippen LogP contribution is -2.45. The average Bonchev–Trinajstić information content (AvgIpc) is 2.67. The lowest BCUT2D eigenvalue weighted by molar-refractivity contribution is -0.141. The van der Waals surface area contributed by atoms with E-state index >= 15 is 0 Å². The molecule has 5 nitrogen and oxygen atoms in total. The second kappa shape index (κ2) is 8.49. The molecule has 1 aliphatic heterocycles. The molecule has 1 unspecified atom stereocenters. The Morgan fingerprint density at radius 1 is 1.13 bits per heavy atom. The molecule has 1 fully saturated rings. The molecule has 0 saturated carbocycles. The summed E-state index contributed by atoms with van der Waals surface area (Å²) in [6.07, 6.45) is -8.05. The fourth-order valence-electron chi connectivity index (χ4n) is 3.11. The van der Waals surface area contributed by atoms with Crippen molar-refractivity contribution in [3.05, 3.63) is 53.3 Å². The zero-order valence-corrected chi connectivity index (χ0v) is 15.5. The van der Waals surface area contributed by atoms with Crippen molar-refractivity contribution < 1.29 is 35.9 Å². The molecule has 1 amide bonds. The lowest BCUT2D eigenvalue weighted by atomic mass is 10.0. The Hall–Kier alpha value is -2.85. The largest absolute Gasteiger partial charge is 0.458 e. The summed E-state index contributed by atoms with van der Waals surface area (Å²) >= 11 is 0. The van der Waals surface area contributed by atoms with Crippen LogP contribution >= 0.6 is 0 Å². The monoisotopic (exact) mass is 433 g/mol. The molecular formula is C19H17F6N3O2. The van der Waals surface area contributed by atoms with Crippen LogP contribution in [0, 0.1) is 0 Å². The minimum atomic E-state index is -4.64. The molecule has 1 aliphatic rings. The van der Waals surface area contributed by atoms with Gasteiger partial charge in [-0.05, 0) is 30.5 Å². The smallest absolute Gasteiger partial charge is 0.433 e. The number of rotatable bonds is 4. The van der Waals surface area contributed by atoms with Gasteiger partial charge in [0.2, 0.25) is 5.91 Å². The molecule has 1 saturated heterocycles. The number of carbonyl (C=O) groups is 1. The Labute approximate surface area is 167 Å². The molecule has 0 aliphatic carbocycles. The molecule has 0 N–H and O–H groups in total. The van der Waals surface area contributed by atoms with E-state index in [9.17, 15) is 31.1 Å². The summed E-state index contributed by atoms with van der Waals surface area (Å²) in [6.45, 7) is 0.457. The second-order valence-corrected chi connectivity index (χ2v) is 6.82. The normalized spacial score (nSPS) is 17.7. The molecule has 0 bridgehead atoms. The van der Waals surface area contributed by atoms with Gasteiger partial charge in [0.05, 0.1) is 18.5 Å². The quantitative estimate of drug-likeness (QED) is 0.681. The standard InChI is InChI=1S/C19H17F6N3O2/c20-18(21,22)13-4-1-3-12(9-13)10-16(29)28-8-2-5-14(11-28)30-17-26-7-6-15(27-17)19(23,24)25/h1,3-4,6-7,9,14H,2,5,8,10-11H2. The number of hydrogen-bond donors (Lipinski definition) is 0. The number of carbonyl (C=O) groups excluding carboxylic acids is 1. The van der Waals surface area contributed by atoms with Crippen molar-refractivity contribution in [2.75, 3.05) is 13.1 Å². The fourth-order valence-corrected chi connectivity index (χ4v) is 3.11. The van der Waals surface area contributed by atoms with Crippen LogP contribution in [0.3, 0.4) is 0 Å². The summed E-state index contributed by atoms with van der Waals surface area (Å²) in [5, 5.41) is 0. The van der Waals surface area contributed by atoms with Gasteiger partial charge >= 0.3 is 18.4 Å². The highest BCUT2D eigenvalue weighted by Gasteiger charge is 2.34. The third-order valence-electron chi connectivity index (χ3n) is 4.54. The highest BCUT2D eigenvalue weighted by Crippen LogP contribution is 2.30. The number of nitrogens with zero attached hydrogens (tertiary/aromatic N) is 3. The van der Waals surface area contributed by atoms with Gasteiger partial charge in [0.25, 0.3) is 0 Å². The van der Waals surface area contributed by atoms with Gasteiger partial charge in [0, 0.05) is 12.7 Å². The number of piperidine rings is 1. The number of amides is 1. The van der Waals surface area contributed by atoms with E-state index in [0.29, 0.717) is 19.4 Å². The highest BCUT2D eigenvalue weighted by atomic mass is 19.4. The summed E-state index contributed by atoms with van der Waals surface area (Å²) in [4.78, 5) is 21.0. The van der Waals surface area contributed by atoms with Gasteiger partial charge in [0.15, 0.2) is 5.69 Å². The first kappa shape index (κ1) is 21.8. The van der Waals surface area contributed by atoms with Gasteiger partial charge in [-0.1, -0.05) is 18.2 Å². The minimum Gasteiger partial charge on any atom is -0.458 e. The maximum Gasteiger partial charge on any atom is 0.433 e. The first-order valence-electron chi connectivity index (χ1n) is 9.03. The number of halogens is 6. The number of likely N-dealkylation sites (tertiary alicyclic amines) is 1. The Balaban J connectivity index is 1.63. The summed E-state index contributed by atoms with van der Waals surface area (Å²) in [5.41, 5.74) is -1.76. The van der Waals surface area contributed by atoms with Crippen molar-refractivity contribution in [1.29, 1.82) is 0 Å². The molecular weight excluding hydrogens is 416 g/mol. The third-order valence-corrected chi connectivity index (χ3v) is 4.54. The van der Waals surface area contributed by atoms with E-state index in [1.54, 1.807) is 0 Å². The van der Waals surface area contributed by atoms with Crippen LogP contribution in [-0.2, 0) is 23.6 Å². The van der Waals surface area contributed by atoms with E-state index in [1.807, 2.05) is 0 Å². The van der Waals surface area contributed by atoms with E-state index in [-0.39, 0.29) is 18.5 Å². The van der Waals surface area contributed by atoms with Gasteiger partial charge in [-0.2, -0.15) is 31.3 Å². The Kier molecular flexibility index (Phi) is 6.18. The average molecular weight is 433 g/mol. The third kappa shape index (κ3) is 5.61. The van der Waals surface area contributed by atoms with Crippen molar-refractivity contribution in [2.24, 2.45) is 0 Å². The minimum absolute atomic E-state index is 0.0808. The predicted molar refractivity (Wildman–Crippen MR) is 92.4 cm³/mol. The molecule has 0 radical (unpaired) electrons. The molecule has 2 aromatic rings. The molecule has 2 heterocycles. The van der Waals surface area contributed by atoms with Gasteiger partial charge in [-0.3, -0.25) is 4.79 Å². The fraction of sp³-hybridized carbons (Fsp3) is 0.421. The van der Waals surface area contributed by atoms with Crippen molar-refractivity contribution >= 4 is 5.91 Å². The maximum absolute atomic E-state index is 12.8. The molecule has 1 atom stereocenters. The molecule has 162 valence electrons. The predicted octanol–water partition coefficient (Wildman–Crippen LogP) is 4.13. The van der Waals surface area contributed by atoms with Gasteiger partial charge in [0.1, 0.15) is 6.10 Å². The van der Waals surface area contributed by atoms with E-state index in [2.05, 4.69) is 9.97 Å². The summed E-state index contributed by atoms with van der Waals surface area (Å²) in [5.74, 6) is -0.396. The second-order valence-electron chi connectivity index (χ2n) is 6.82.